The Labute approximate surface area is 148 Å². The highest BCUT2D eigenvalue weighted by Gasteiger charge is 2.29. The maximum absolute atomic E-state index is 12.7. The Hall–Kier alpha value is -1.67. The number of piperidine rings is 1. The number of likely N-dealkylation sites (tertiary alicyclic amines) is 1. The topological polar surface area (TPSA) is 82.1 Å². The minimum Gasteiger partial charge on any atom is -0.338 e. The van der Waals surface area contributed by atoms with Crippen LogP contribution in [0.15, 0.2) is 28.3 Å². The number of carbonyl (C=O) groups excluding carboxylic acids is 1. The first-order valence-electron chi connectivity index (χ1n) is 9.02. The van der Waals surface area contributed by atoms with Crippen LogP contribution in [0.5, 0.6) is 0 Å². The lowest BCUT2D eigenvalue weighted by Gasteiger charge is -2.34. The van der Waals surface area contributed by atoms with Crippen molar-refractivity contribution in [2.24, 2.45) is 10.3 Å². The summed E-state index contributed by atoms with van der Waals surface area (Å²) in [5, 5.41) is 3.62. The monoisotopic (exact) mass is 364 g/mol. The molecule has 0 radical (unpaired) electrons. The molecule has 3 heterocycles. The molecule has 1 N–H and O–H groups in total. The molecule has 1 amide bonds. The van der Waals surface area contributed by atoms with E-state index in [4.69, 9.17) is 0 Å². The van der Waals surface area contributed by atoms with Crippen LogP contribution in [0.2, 0.25) is 0 Å². The molecule has 4 aliphatic rings. The van der Waals surface area contributed by atoms with Crippen molar-refractivity contribution < 1.29 is 13.2 Å². The summed E-state index contributed by atoms with van der Waals surface area (Å²) in [6.07, 6.45) is 9.72. The highest BCUT2D eigenvalue weighted by molar-refractivity contribution is 7.90. The highest BCUT2D eigenvalue weighted by atomic mass is 32.2. The fraction of sp³-hybridized carbons (Fsp3) is 0.647. The molecular weight excluding hydrogens is 340 g/mol. The van der Waals surface area contributed by atoms with Gasteiger partial charge in [0.05, 0.1) is 11.3 Å². The molecule has 136 valence electrons. The van der Waals surface area contributed by atoms with Crippen LogP contribution in [-0.2, 0) is 14.8 Å². The minimum atomic E-state index is -3.36. The summed E-state index contributed by atoms with van der Waals surface area (Å²) in [7, 11) is -3.36. The van der Waals surface area contributed by atoms with Gasteiger partial charge in [0, 0.05) is 31.9 Å². The molecule has 3 aliphatic heterocycles. The molecule has 1 saturated carbocycles. The summed E-state index contributed by atoms with van der Waals surface area (Å²) in [6.45, 7) is 2.99. The number of amides is 1. The second-order valence-electron chi connectivity index (χ2n) is 7.26. The Morgan fingerprint density at radius 2 is 1.92 bits per heavy atom. The fourth-order valence-corrected chi connectivity index (χ4v) is 4.42. The number of fused-ring (bicyclic) bond motifs is 1. The molecule has 0 aromatic rings. The van der Waals surface area contributed by atoms with Crippen LogP contribution in [0.1, 0.15) is 25.7 Å². The van der Waals surface area contributed by atoms with Gasteiger partial charge in [-0.05, 0) is 50.3 Å². The zero-order valence-electron chi connectivity index (χ0n) is 14.2. The van der Waals surface area contributed by atoms with Gasteiger partial charge in [0.1, 0.15) is 5.84 Å². The quantitative estimate of drug-likeness (QED) is 0.784. The normalized spacial score (nSPS) is 26.1. The van der Waals surface area contributed by atoms with Gasteiger partial charge in [-0.15, -0.1) is 4.40 Å². The van der Waals surface area contributed by atoms with E-state index in [0.717, 1.165) is 38.4 Å². The Balaban J connectivity index is 1.34. The van der Waals surface area contributed by atoms with E-state index in [2.05, 4.69) is 9.71 Å². The van der Waals surface area contributed by atoms with Gasteiger partial charge in [0.2, 0.25) is 0 Å². The molecule has 2 fully saturated rings. The van der Waals surface area contributed by atoms with E-state index in [1.54, 1.807) is 23.3 Å². The van der Waals surface area contributed by atoms with Gasteiger partial charge in [0.15, 0.2) is 0 Å². The lowest BCUT2D eigenvalue weighted by atomic mass is 10.0. The van der Waals surface area contributed by atoms with Gasteiger partial charge in [-0.1, -0.05) is 0 Å². The van der Waals surface area contributed by atoms with Gasteiger partial charge in [0.25, 0.3) is 15.9 Å². The number of amidine groups is 1. The molecule has 0 bridgehead atoms. The Bertz CT molecular complexity index is 744. The van der Waals surface area contributed by atoms with Gasteiger partial charge >= 0.3 is 0 Å². The maximum Gasteiger partial charge on any atom is 0.256 e. The summed E-state index contributed by atoms with van der Waals surface area (Å²) in [5.41, 5.74) is 0.600. The van der Waals surface area contributed by atoms with Crippen molar-refractivity contribution in [3.05, 3.63) is 23.9 Å². The molecule has 25 heavy (non-hydrogen) atoms. The first kappa shape index (κ1) is 16.8. The van der Waals surface area contributed by atoms with E-state index >= 15 is 0 Å². The Morgan fingerprint density at radius 1 is 1.16 bits per heavy atom. The average molecular weight is 364 g/mol. The lowest BCUT2D eigenvalue weighted by molar-refractivity contribution is -0.127. The standard InChI is InChI=1S/C17H24N4O3S/c22-17(20-7-5-15(6-8-20)18-11-13-1-2-13)14-3-4-16-19-25(23,24)10-9-21(16)12-14/h3-4,12-13,15,18H,1-2,5-11H2. The largest absolute Gasteiger partial charge is 0.338 e. The number of hydrogen-bond donors (Lipinski definition) is 1. The predicted molar refractivity (Wildman–Crippen MR) is 95.5 cm³/mol. The zero-order chi connectivity index (χ0) is 17.4. The van der Waals surface area contributed by atoms with Gasteiger partial charge < -0.3 is 15.1 Å². The molecule has 0 aromatic heterocycles. The smallest absolute Gasteiger partial charge is 0.256 e. The summed E-state index contributed by atoms with van der Waals surface area (Å²) in [5.74, 6) is 1.27. The third kappa shape index (κ3) is 3.95. The van der Waals surface area contributed by atoms with E-state index in [1.807, 2.05) is 4.90 Å². The molecule has 4 rings (SSSR count). The van der Waals surface area contributed by atoms with Crippen LogP contribution < -0.4 is 5.32 Å². The van der Waals surface area contributed by atoms with E-state index in [-0.39, 0.29) is 11.7 Å². The first-order chi connectivity index (χ1) is 12.0. The van der Waals surface area contributed by atoms with Crippen LogP contribution in [0, 0.1) is 5.92 Å². The van der Waals surface area contributed by atoms with Crippen LogP contribution in [-0.4, -0.2) is 67.9 Å². The molecular formula is C17H24N4O3S. The van der Waals surface area contributed by atoms with Crippen LogP contribution in [0.3, 0.4) is 0 Å². The fourth-order valence-electron chi connectivity index (χ4n) is 3.45. The van der Waals surface area contributed by atoms with Crippen LogP contribution >= 0.6 is 0 Å². The molecule has 0 spiro atoms. The second-order valence-corrected chi connectivity index (χ2v) is 9.02. The van der Waals surface area contributed by atoms with Crippen molar-refractivity contribution in [2.45, 2.75) is 31.7 Å². The molecule has 1 saturated heterocycles. The van der Waals surface area contributed by atoms with Crippen molar-refractivity contribution in [1.82, 2.24) is 15.1 Å². The predicted octanol–water partition coefficient (Wildman–Crippen LogP) is 0.475. The van der Waals surface area contributed by atoms with Crippen molar-refractivity contribution in [3.8, 4) is 0 Å². The molecule has 8 heteroatoms. The summed E-state index contributed by atoms with van der Waals surface area (Å²) in [4.78, 5) is 16.4. The Kier molecular flexibility index (Phi) is 4.41. The van der Waals surface area contributed by atoms with Crippen molar-refractivity contribution in [3.63, 3.8) is 0 Å². The molecule has 0 unspecified atom stereocenters. The van der Waals surface area contributed by atoms with E-state index in [9.17, 15) is 13.2 Å². The van der Waals surface area contributed by atoms with Crippen molar-refractivity contribution in [1.29, 1.82) is 0 Å². The van der Waals surface area contributed by atoms with Crippen molar-refractivity contribution in [2.75, 3.05) is 31.9 Å². The number of rotatable bonds is 4. The summed E-state index contributed by atoms with van der Waals surface area (Å²) < 4.78 is 26.8. The molecule has 1 aliphatic carbocycles. The van der Waals surface area contributed by atoms with Gasteiger partial charge in [-0.2, -0.15) is 0 Å². The summed E-state index contributed by atoms with van der Waals surface area (Å²) in [6, 6.07) is 0.520. The highest BCUT2D eigenvalue weighted by Crippen LogP contribution is 2.28. The first-order valence-corrected chi connectivity index (χ1v) is 10.6. The van der Waals surface area contributed by atoms with E-state index in [1.165, 1.54) is 12.8 Å². The van der Waals surface area contributed by atoms with Gasteiger partial charge in [-0.3, -0.25) is 4.79 Å². The number of hydrogen-bond acceptors (Lipinski definition) is 5. The third-order valence-electron chi connectivity index (χ3n) is 5.25. The van der Waals surface area contributed by atoms with Crippen LogP contribution in [0.25, 0.3) is 0 Å². The maximum atomic E-state index is 12.7. The number of sulfonamides is 1. The lowest BCUT2D eigenvalue weighted by Crippen LogP contribution is -2.46. The van der Waals surface area contributed by atoms with Gasteiger partial charge in [-0.25, -0.2) is 8.42 Å². The average Bonchev–Trinajstić information content (AvgIpc) is 3.43. The molecule has 7 nitrogen and oxygen atoms in total. The SMILES string of the molecule is O=C(C1=CN2CCS(=O)(=O)N=C2C=C1)N1CCC(NCC2CC2)CC1. The third-order valence-corrected chi connectivity index (χ3v) is 6.41. The zero-order valence-corrected chi connectivity index (χ0v) is 15.0. The second kappa shape index (κ2) is 6.57. The minimum absolute atomic E-state index is 0.0135. The van der Waals surface area contributed by atoms with E-state index < -0.39 is 10.0 Å². The number of nitrogens with one attached hydrogen (secondary N) is 1. The van der Waals surface area contributed by atoms with Crippen molar-refractivity contribution >= 4 is 21.8 Å². The Morgan fingerprint density at radius 3 is 2.64 bits per heavy atom. The summed E-state index contributed by atoms with van der Waals surface area (Å²) >= 11 is 0. The van der Waals surface area contributed by atoms with E-state index in [0.29, 0.717) is 24.0 Å². The molecule has 0 atom stereocenters. The molecule has 0 aromatic carbocycles. The number of nitrogens with zero attached hydrogens (tertiary/aromatic N) is 3. The van der Waals surface area contributed by atoms with Crippen LogP contribution in [0.4, 0.5) is 0 Å². The number of carbonyl (C=O) groups is 1.